The summed E-state index contributed by atoms with van der Waals surface area (Å²) in [6, 6.07) is 9.66. The van der Waals surface area contributed by atoms with Crippen LogP contribution in [0.2, 0.25) is 0 Å². The molecule has 1 saturated carbocycles. The molecule has 1 N–H and O–H groups in total. The molecule has 0 atom stereocenters. The summed E-state index contributed by atoms with van der Waals surface area (Å²) in [5, 5.41) is 9.37. The summed E-state index contributed by atoms with van der Waals surface area (Å²) in [6.45, 7) is 0.620. The molecule has 8 heteroatoms. The minimum absolute atomic E-state index is 0.120. The van der Waals surface area contributed by atoms with Gasteiger partial charge in [0.05, 0.1) is 48.2 Å². The molecule has 2 heterocycles. The van der Waals surface area contributed by atoms with Gasteiger partial charge in [0.1, 0.15) is 11.6 Å². The van der Waals surface area contributed by atoms with Crippen molar-refractivity contribution in [1.82, 2.24) is 14.5 Å². The fraction of sp³-hybridized carbons (Fsp3) is 0.261. The van der Waals surface area contributed by atoms with E-state index in [9.17, 15) is 19.1 Å². The lowest BCUT2D eigenvalue weighted by Crippen LogP contribution is -2.29. The Kier molecular flexibility index (Phi) is 4.50. The maximum absolute atomic E-state index is 14.5. The normalized spacial score (nSPS) is 15.3. The molecule has 1 amide bonds. The number of methoxy groups -OCH3 is 1. The van der Waals surface area contributed by atoms with Crippen molar-refractivity contribution in [2.75, 3.05) is 7.11 Å². The zero-order valence-corrected chi connectivity index (χ0v) is 16.8. The Morgan fingerprint density at radius 3 is 2.65 bits per heavy atom. The molecule has 31 heavy (non-hydrogen) atoms. The van der Waals surface area contributed by atoms with E-state index in [1.165, 1.54) is 6.07 Å². The van der Waals surface area contributed by atoms with Gasteiger partial charge in [-0.05, 0) is 42.7 Å². The molecule has 2 aromatic carbocycles. The SMILES string of the molecule is COc1ccc(CN2Cc3c(C4CC4)ncn3-c3cc(C(=O)O)c(F)cc3C2=O)cc1. The summed E-state index contributed by atoms with van der Waals surface area (Å²) in [4.78, 5) is 31.1. The van der Waals surface area contributed by atoms with E-state index < -0.39 is 17.3 Å². The van der Waals surface area contributed by atoms with Crippen molar-refractivity contribution in [3.05, 3.63) is 76.6 Å². The summed E-state index contributed by atoms with van der Waals surface area (Å²) in [6.07, 6.45) is 3.68. The lowest BCUT2D eigenvalue weighted by Gasteiger charge is -2.21. The molecule has 0 spiro atoms. The average Bonchev–Trinajstić information content (AvgIpc) is 3.54. The summed E-state index contributed by atoms with van der Waals surface area (Å²) in [5.41, 5.74) is 2.65. The molecular formula is C23H20FN3O4. The maximum atomic E-state index is 14.5. The third-order valence-electron chi connectivity index (χ3n) is 5.83. The van der Waals surface area contributed by atoms with E-state index in [1.807, 2.05) is 24.3 Å². The summed E-state index contributed by atoms with van der Waals surface area (Å²) in [7, 11) is 1.59. The number of imidazole rings is 1. The first-order chi connectivity index (χ1) is 15.0. The predicted octanol–water partition coefficient (Wildman–Crippen LogP) is 3.75. The number of benzene rings is 2. The predicted molar refractivity (Wildman–Crippen MR) is 109 cm³/mol. The number of aromatic nitrogens is 2. The number of carbonyl (C=O) groups is 2. The number of nitrogens with zero attached hydrogens (tertiary/aromatic N) is 3. The van der Waals surface area contributed by atoms with Gasteiger partial charge in [0, 0.05) is 12.5 Å². The number of hydrogen-bond donors (Lipinski definition) is 1. The van der Waals surface area contributed by atoms with Crippen molar-refractivity contribution < 1.29 is 23.8 Å². The minimum Gasteiger partial charge on any atom is -0.497 e. The summed E-state index contributed by atoms with van der Waals surface area (Å²) >= 11 is 0. The van der Waals surface area contributed by atoms with Crippen LogP contribution >= 0.6 is 0 Å². The zero-order valence-electron chi connectivity index (χ0n) is 16.8. The molecular weight excluding hydrogens is 401 g/mol. The van der Waals surface area contributed by atoms with Crippen LogP contribution in [-0.4, -0.2) is 38.5 Å². The van der Waals surface area contributed by atoms with E-state index in [-0.39, 0.29) is 11.5 Å². The largest absolute Gasteiger partial charge is 0.497 e. The minimum atomic E-state index is -1.38. The van der Waals surface area contributed by atoms with Crippen LogP contribution in [-0.2, 0) is 13.1 Å². The molecule has 1 aliphatic carbocycles. The van der Waals surface area contributed by atoms with E-state index in [1.54, 1.807) is 22.9 Å². The van der Waals surface area contributed by atoms with Gasteiger partial charge in [-0.2, -0.15) is 0 Å². The molecule has 7 nitrogen and oxygen atoms in total. The van der Waals surface area contributed by atoms with Crippen molar-refractivity contribution in [2.24, 2.45) is 0 Å². The standard InChI is InChI=1S/C23H20FN3O4/c1-31-15-6-2-13(3-7-15)10-26-11-20-21(14-4-5-14)25-12-27(20)19-9-16(23(29)30)18(24)8-17(19)22(26)28/h2-3,6-9,12,14H,4-5,10-11H2,1H3,(H,29,30). The molecule has 0 unspecified atom stereocenters. The van der Waals surface area contributed by atoms with Crippen LogP contribution in [0.15, 0.2) is 42.7 Å². The number of carboxylic acid groups (broad SMARTS) is 1. The van der Waals surface area contributed by atoms with E-state index in [2.05, 4.69) is 4.98 Å². The number of hydrogen-bond acceptors (Lipinski definition) is 4. The smallest absolute Gasteiger partial charge is 0.338 e. The van der Waals surface area contributed by atoms with Gasteiger partial charge in [0.15, 0.2) is 0 Å². The van der Waals surface area contributed by atoms with Crippen LogP contribution in [0.3, 0.4) is 0 Å². The highest BCUT2D eigenvalue weighted by Gasteiger charge is 2.35. The first-order valence-electron chi connectivity index (χ1n) is 10.0. The first kappa shape index (κ1) is 19.3. The zero-order chi connectivity index (χ0) is 21.7. The number of rotatable bonds is 5. The number of aromatic carboxylic acids is 1. The first-order valence-corrected chi connectivity index (χ1v) is 10.0. The number of carbonyl (C=O) groups excluding carboxylic acids is 1. The van der Waals surface area contributed by atoms with Crippen molar-refractivity contribution in [3.63, 3.8) is 0 Å². The third-order valence-corrected chi connectivity index (χ3v) is 5.83. The molecule has 1 aliphatic heterocycles. The van der Waals surface area contributed by atoms with Gasteiger partial charge in [-0.25, -0.2) is 14.2 Å². The fourth-order valence-corrected chi connectivity index (χ4v) is 4.05. The van der Waals surface area contributed by atoms with Gasteiger partial charge in [-0.1, -0.05) is 12.1 Å². The second-order valence-corrected chi connectivity index (χ2v) is 7.88. The highest BCUT2D eigenvalue weighted by molar-refractivity contribution is 6.00. The lowest BCUT2D eigenvalue weighted by molar-refractivity contribution is 0.0687. The van der Waals surface area contributed by atoms with Gasteiger partial charge in [0.25, 0.3) is 5.91 Å². The Hall–Kier alpha value is -3.68. The number of carboxylic acids is 1. The molecule has 2 aliphatic rings. The molecule has 0 bridgehead atoms. The van der Waals surface area contributed by atoms with E-state index >= 15 is 0 Å². The molecule has 0 radical (unpaired) electrons. The van der Waals surface area contributed by atoms with Crippen LogP contribution in [0.5, 0.6) is 5.75 Å². The number of halogens is 1. The van der Waals surface area contributed by atoms with Crippen molar-refractivity contribution in [2.45, 2.75) is 31.8 Å². The van der Waals surface area contributed by atoms with E-state index in [0.29, 0.717) is 30.4 Å². The highest BCUT2D eigenvalue weighted by Crippen LogP contribution is 2.42. The second-order valence-electron chi connectivity index (χ2n) is 7.88. The molecule has 3 aromatic rings. The topological polar surface area (TPSA) is 84.7 Å². The van der Waals surface area contributed by atoms with Crippen molar-refractivity contribution >= 4 is 11.9 Å². The third kappa shape index (κ3) is 3.34. The Morgan fingerprint density at radius 2 is 2.00 bits per heavy atom. The second kappa shape index (κ2) is 7.23. The van der Waals surface area contributed by atoms with E-state index in [4.69, 9.17) is 4.74 Å². The Balaban J connectivity index is 1.62. The van der Waals surface area contributed by atoms with Crippen molar-refractivity contribution in [1.29, 1.82) is 0 Å². The average molecular weight is 421 g/mol. The number of fused-ring (bicyclic) bond motifs is 3. The van der Waals surface area contributed by atoms with Crippen LogP contribution in [0.1, 0.15) is 56.4 Å². The van der Waals surface area contributed by atoms with Crippen LogP contribution in [0, 0.1) is 5.82 Å². The maximum Gasteiger partial charge on any atom is 0.338 e. The van der Waals surface area contributed by atoms with Gasteiger partial charge in [-0.15, -0.1) is 0 Å². The van der Waals surface area contributed by atoms with Crippen LogP contribution < -0.4 is 4.74 Å². The van der Waals surface area contributed by atoms with Crippen LogP contribution in [0.25, 0.3) is 5.69 Å². The molecule has 158 valence electrons. The molecule has 5 rings (SSSR count). The fourth-order valence-electron chi connectivity index (χ4n) is 4.05. The number of amides is 1. The Bertz CT molecular complexity index is 1200. The van der Waals surface area contributed by atoms with Crippen molar-refractivity contribution in [3.8, 4) is 11.4 Å². The van der Waals surface area contributed by atoms with Gasteiger partial charge < -0.3 is 19.3 Å². The lowest BCUT2D eigenvalue weighted by atomic mass is 10.1. The Morgan fingerprint density at radius 1 is 1.26 bits per heavy atom. The van der Waals surface area contributed by atoms with E-state index in [0.717, 1.165) is 35.9 Å². The highest BCUT2D eigenvalue weighted by atomic mass is 19.1. The monoisotopic (exact) mass is 421 g/mol. The molecule has 0 saturated heterocycles. The van der Waals surface area contributed by atoms with Gasteiger partial charge >= 0.3 is 5.97 Å². The molecule has 1 aromatic heterocycles. The summed E-state index contributed by atoms with van der Waals surface area (Å²) < 4.78 is 21.4. The molecule has 1 fully saturated rings. The van der Waals surface area contributed by atoms with Gasteiger partial charge in [0.2, 0.25) is 0 Å². The Labute approximate surface area is 177 Å². The quantitative estimate of drug-likeness (QED) is 0.678. The van der Waals surface area contributed by atoms with Gasteiger partial charge in [-0.3, -0.25) is 4.79 Å². The summed E-state index contributed by atoms with van der Waals surface area (Å²) in [5.74, 6) is -1.61. The number of ether oxygens (including phenoxy) is 1. The van der Waals surface area contributed by atoms with Crippen LogP contribution in [0.4, 0.5) is 4.39 Å².